The highest BCUT2D eigenvalue weighted by Gasteiger charge is 2.21. The average Bonchev–Trinajstić information content (AvgIpc) is 3.10. The summed E-state index contributed by atoms with van der Waals surface area (Å²) >= 11 is 1.37. The molecule has 1 atom stereocenters. The SMILES string of the molecule is CCC(Sc1cccc(NC(=O)/C(=C\c2cc(OC)c(OC)c(OC)c2)NC(=O)c2ccccc2)c1)C(=O)Nc1ccccc1OC. The Morgan fingerprint density at radius 1 is 0.745 bits per heavy atom. The smallest absolute Gasteiger partial charge is 0.272 e. The molecule has 0 saturated carbocycles. The molecule has 1 unspecified atom stereocenters. The van der Waals surface area contributed by atoms with Gasteiger partial charge < -0.3 is 34.9 Å². The van der Waals surface area contributed by atoms with Gasteiger partial charge in [0.2, 0.25) is 11.7 Å². The molecule has 0 bridgehead atoms. The highest BCUT2D eigenvalue weighted by atomic mass is 32.2. The maximum absolute atomic E-state index is 13.7. The van der Waals surface area contributed by atoms with Crippen molar-refractivity contribution in [3.05, 3.63) is 108 Å². The summed E-state index contributed by atoms with van der Waals surface area (Å²) in [5.74, 6) is 0.537. The number of methoxy groups -OCH3 is 4. The van der Waals surface area contributed by atoms with E-state index in [0.717, 1.165) is 4.90 Å². The fourth-order valence-electron chi connectivity index (χ4n) is 4.59. The lowest BCUT2D eigenvalue weighted by Crippen LogP contribution is -2.30. The fourth-order valence-corrected chi connectivity index (χ4v) is 5.60. The molecule has 47 heavy (non-hydrogen) atoms. The lowest BCUT2D eigenvalue weighted by molar-refractivity contribution is -0.116. The Morgan fingerprint density at radius 2 is 1.40 bits per heavy atom. The van der Waals surface area contributed by atoms with E-state index in [1.807, 2.05) is 25.1 Å². The van der Waals surface area contributed by atoms with Gasteiger partial charge in [-0.3, -0.25) is 14.4 Å². The Morgan fingerprint density at radius 3 is 2.04 bits per heavy atom. The predicted octanol–water partition coefficient (Wildman–Crippen LogP) is 6.64. The number of carbonyl (C=O) groups excluding carboxylic acids is 3. The first-order valence-corrected chi connectivity index (χ1v) is 15.6. The number of nitrogens with one attached hydrogen (secondary N) is 3. The van der Waals surface area contributed by atoms with Gasteiger partial charge in [-0.25, -0.2) is 0 Å². The van der Waals surface area contributed by atoms with Crippen molar-refractivity contribution in [1.82, 2.24) is 5.32 Å². The van der Waals surface area contributed by atoms with Gasteiger partial charge in [-0.1, -0.05) is 43.3 Å². The van der Waals surface area contributed by atoms with Crippen molar-refractivity contribution in [2.45, 2.75) is 23.5 Å². The number of hydrogen-bond acceptors (Lipinski definition) is 8. The van der Waals surface area contributed by atoms with Crippen LogP contribution in [0, 0.1) is 0 Å². The molecule has 10 nitrogen and oxygen atoms in total. The van der Waals surface area contributed by atoms with Gasteiger partial charge in [0.1, 0.15) is 11.4 Å². The van der Waals surface area contributed by atoms with E-state index in [4.69, 9.17) is 18.9 Å². The normalized spacial score (nSPS) is 11.6. The first kappa shape index (κ1) is 34.5. The van der Waals surface area contributed by atoms with Crippen molar-refractivity contribution in [3.8, 4) is 23.0 Å². The zero-order valence-corrected chi connectivity index (χ0v) is 27.6. The van der Waals surface area contributed by atoms with Crippen molar-refractivity contribution < 1.29 is 33.3 Å². The van der Waals surface area contributed by atoms with Crippen LogP contribution in [0.3, 0.4) is 0 Å². The summed E-state index contributed by atoms with van der Waals surface area (Å²) in [5.41, 5.74) is 1.95. The Balaban J connectivity index is 1.58. The highest BCUT2D eigenvalue weighted by molar-refractivity contribution is 8.00. The van der Waals surface area contributed by atoms with E-state index in [1.54, 1.807) is 79.9 Å². The summed E-state index contributed by atoms with van der Waals surface area (Å²) in [5, 5.41) is 8.15. The second-order valence-corrected chi connectivity index (χ2v) is 11.3. The summed E-state index contributed by atoms with van der Waals surface area (Å²) in [4.78, 5) is 40.8. The predicted molar refractivity (Wildman–Crippen MR) is 185 cm³/mol. The van der Waals surface area contributed by atoms with E-state index >= 15 is 0 Å². The van der Waals surface area contributed by atoms with Gasteiger partial charge in [-0.2, -0.15) is 0 Å². The van der Waals surface area contributed by atoms with Crippen molar-refractivity contribution in [2.75, 3.05) is 39.1 Å². The van der Waals surface area contributed by atoms with Crippen molar-refractivity contribution in [1.29, 1.82) is 0 Å². The molecule has 0 aliphatic rings. The van der Waals surface area contributed by atoms with Gasteiger partial charge >= 0.3 is 0 Å². The topological polar surface area (TPSA) is 124 Å². The molecule has 0 spiro atoms. The zero-order valence-electron chi connectivity index (χ0n) is 26.8. The van der Waals surface area contributed by atoms with Crippen LogP contribution in [0.25, 0.3) is 6.08 Å². The number of para-hydroxylation sites is 2. The van der Waals surface area contributed by atoms with Gasteiger partial charge in [0, 0.05) is 16.1 Å². The summed E-state index contributed by atoms with van der Waals surface area (Å²) in [6.45, 7) is 1.93. The molecular weight excluding hydrogens is 618 g/mol. The lowest BCUT2D eigenvalue weighted by Gasteiger charge is -2.17. The van der Waals surface area contributed by atoms with Crippen molar-refractivity contribution in [2.24, 2.45) is 0 Å². The number of thioether (sulfide) groups is 1. The summed E-state index contributed by atoms with van der Waals surface area (Å²) in [6.07, 6.45) is 2.09. The molecule has 0 fully saturated rings. The van der Waals surface area contributed by atoms with E-state index in [2.05, 4.69) is 16.0 Å². The summed E-state index contributed by atoms with van der Waals surface area (Å²) in [6, 6.07) is 26.3. The quantitative estimate of drug-likeness (QED) is 0.102. The third-order valence-electron chi connectivity index (χ3n) is 6.93. The first-order valence-electron chi connectivity index (χ1n) is 14.7. The van der Waals surface area contributed by atoms with Crippen LogP contribution in [-0.2, 0) is 9.59 Å². The van der Waals surface area contributed by atoms with Crippen LogP contribution in [0.15, 0.2) is 102 Å². The molecular formula is C36H37N3O7S. The van der Waals surface area contributed by atoms with Crippen LogP contribution in [0.1, 0.15) is 29.3 Å². The van der Waals surface area contributed by atoms with Crippen LogP contribution in [-0.4, -0.2) is 51.4 Å². The third kappa shape index (κ3) is 9.08. The Hall–Kier alpha value is -5.42. The fraction of sp³-hybridized carbons (Fsp3) is 0.194. The molecule has 4 aromatic carbocycles. The molecule has 0 aromatic heterocycles. The molecule has 3 amide bonds. The number of benzene rings is 4. The number of anilines is 2. The van der Waals surface area contributed by atoms with E-state index in [9.17, 15) is 14.4 Å². The second-order valence-electron chi connectivity index (χ2n) is 10.0. The van der Waals surface area contributed by atoms with E-state index in [-0.39, 0.29) is 11.6 Å². The number of ether oxygens (including phenoxy) is 4. The maximum Gasteiger partial charge on any atom is 0.272 e. The number of carbonyl (C=O) groups is 3. The van der Waals surface area contributed by atoms with E-state index < -0.39 is 17.1 Å². The Bertz CT molecular complexity index is 1720. The zero-order chi connectivity index (χ0) is 33.8. The van der Waals surface area contributed by atoms with Crippen LogP contribution in [0.5, 0.6) is 23.0 Å². The number of hydrogen-bond donors (Lipinski definition) is 3. The van der Waals surface area contributed by atoms with Crippen LogP contribution in [0.4, 0.5) is 11.4 Å². The van der Waals surface area contributed by atoms with Crippen molar-refractivity contribution in [3.63, 3.8) is 0 Å². The Labute approximate surface area is 278 Å². The molecule has 244 valence electrons. The van der Waals surface area contributed by atoms with Crippen molar-refractivity contribution >= 4 is 46.9 Å². The van der Waals surface area contributed by atoms with Gasteiger partial charge in [-0.05, 0) is 72.7 Å². The second kappa shape index (κ2) is 16.8. The van der Waals surface area contributed by atoms with Crippen LogP contribution >= 0.6 is 11.8 Å². The molecule has 0 aliphatic carbocycles. The lowest BCUT2D eigenvalue weighted by atomic mass is 10.1. The minimum atomic E-state index is -0.564. The largest absolute Gasteiger partial charge is 0.495 e. The molecule has 4 rings (SSSR count). The summed E-state index contributed by atoms with van der Waals surface area (Å²) in [7, 11) is 6.03. The van der Waals surface area contributed by atoms with Gasteiger partial charge in [0.25, 0.3) is 11.8 Å². The van der Waals surface area contributed by atoms with Crippen LogP contribution < -0.4 is 34.9 Å². The monoisotopic (exact) mass is 655 g/mol. The third-order valence-corrected chi connectivity index (χ3v) is 8.28. The molecule has 11 heteroatoms. The first-order chi connectivity index (χ1) is 22.8. The van der Waals surface area contributed by atoms with Gasteiger partial charge in [0.15, 0.2) is 11.5 Å². The average molecular weight is 656 g/mol. The van der Waals surface area contributed by atoms with Crippen LogP contribution in [0.2, 0.25) is 0 Å². The number of rotatable bonds is 14. The minimum Gasteiger partial charge on any atom is -0.495 e. The molecule has 0 heterocycles. The molecule has 0 radical (unpaired) electrons. The number of amides is 3. The minimum absolute atomic E-state index is 0.0196. The van der Waals surface area contributed by atoms with E-state index in [1.165, 1.54) is 39.2 Å². The summed E-state index contributed by atoms with van der Waals surface area (Å²) < 4.78 is 21.7. The standard InChI is InChI=1S/C36H37N3O7S/c1-6-32(36(42)38-27-17-10-11-18-29(27)43-2)47-26-16-12-15-25(22-26)37-35(41)28(39-34(40)24-13-8-7-9-14-24)19-23-20-30(44-3)33(46-5)31(21-23)45-4/h7-22,32H,6H2,1-5H3,(H,37,41)(H,38,42)(H,39,40)/b28-19+. The van der Waals surface area contributed by atoms with Gasteiger partial charge in [-0.15, -0.1) is 11.8 Å². The van der Waals surface area contributed by atoms with E-state index in [0.29, 0.717) is 51.9 Å². The molecule has 0 aliphatic heterocycles. The molecule has 4 aromatic rings. The van der Waals surface area contributed by atoms with Gasteiger partial charge in [0.05, 0.1) is 39.4 Å². The molecule has 0 saturated heterocycles. The Kier molecular flexibility index (Phi) is 12.3. The highest BCUT2D eigenvalue weighted by Crippen LogP contribution is 2.39. The maximum atomic E-state index is 13.7. The molecule has 3 N–H and O–H groups in total.